The first kappa shape index (κ1) is 12.0. The predicted molar refractivity (Wildman–Crippen MR) is 55.5 cm³/mol. The van der Waals surface area contributed by atoms with Crippen molar-refractivity contribution in [2.24, 2.45) is 0 Å². The molecule has 0 aromatic rings. The molecule has 1 amide bonds. The second kappa shape index (κ2) is 4.61. The van der Waals surface area contributed by atoms with Gasteiger partial charge in [-0.1, -0.05) is 6.42 Å². The van der Waals surface area contributed by atoms with E-state index in [1.807, 2.05) is 0 Å². The van der Waals surface area contributed by atoms with Crippen molar-refractivity contribution < 1.29 is 14.7 Å². The first-order valence-corrected chi connectivity index (χ1v) is 5.22. The number of carboxylic acid groups (broad SMARTS) is 1. The first-order valence-electron chi connectivity index (χ1n) is 5.22. The lowest BCUT2D eigenvalue weighted by atomic mass is 10.0. The Morgan fingerprint density at radius 3 is 2.53 bits per heavy atom. The van der Waals surface area contributed by atoms with Crippen molar-refractivity contribution in [2.75, 3.05) is 6.54 Å². The molecule has 0 radical (unpaired) electrons. The van der Waals surface area contributed by atoms with E-state index in [0.29, 0.717) is 0 Å². The third kappa shape index (κ3) is 3.20. The van der Waals surface area contributed by atoms with Gasteiger partial charge in [0.05, 0.1) is 6.04 Å². The maximum absolute atomic E-state index is 11.7. The molecule has 5 nitrogen and oxygen atoms in total. The summed E-state index contributed by atoms with van der Waals surface area (Å²) in [5, 5.41) is 14.5. The minimum absolute atomic E-state index is 0.220. The highest BCUT2D eigenvalue weighted by molar-refractivity contribution is 5.89. The lowest BCUT2D eigenvalue weighted by Crippen LogP contribution is -2.56. The smallest absolute Gasteiger partial charge is 0.328 e. The number of hydrogen-bond donors (Lipinski definition) is 3. The Morgan fingerprint density at radius 1 is 1.40 bits per heavy atom. The number of rotatable bonds is 3. The highest BCUT2D eigenvalue weighted by Crippen LogP contribution is 2.09. The van der Waals surface area contributed by atoms with Gasteiger partial charge in [-0.3, -0.25) is 4.79 Å². The summed E-state index contributed by atoms with van der Waals surface area (Å²) >= 11 is 0. The van der Waals surface area contributed by atoms with Crippen LogP contribution in [0.3, 0.4) is 0 Å². The summed E-state index contributed by atoms with van der Waals surface area (Å²) in [6.45, 7) is 3.79. The van der Waals surface area contributed by atoms with Crippen molar-refractivity contribution in [3.8, 4) is 0 Å². The van der Waals surface area contributed by atoms with Crippen LogP contribution in [0.15, 0.2) is 0 Å². The number of carbonyl (C=O) groups excluding carboxylic acids is 1. The maximum atomic E-state index is 11.7. The molecule has 1 atom stereocenters. The van der Waals surface area contributed by atoms with Crippen LogP contribution in [0, 0.1) is 0 Å². The second-order valence-electron chi connectivity index (χ2n) is 4.42. The molecule has 5 heteroatoms. The number of amides is 1. The molecule has 0 aromatic carbocycles. The van der Waals surface area contributed by atoms with Gasteiger partial charge in [0.2, 0.25) is 5.91 Å². The van der Waals surface area contributed by atoms with Crippen molar-refractivity contribution in [1.29, 1.82) is 0 Å². The predicted octanol–water partition coefficient (Wildman–Crippen LogP) is 0.108. The van der Waals surface area contributed by atoms with E-state index in [-0.39, 0.29) is 11.9 Å². The van der Waals surface area contributed by atoms with E-state index in [4.69, 9.17) is 5.11 Å². The van der Waals surface area contributed by atoms with Gasteiger partial charge in [-0.2, -0.15) is 0 Å². The molecule has 0 spiro atoms. The fourth-order valence-corrected chi connectivity index (χ4v) is 1.52. The van der Waals surface area contributed by atoms with Crippen LogP contribution in [0.4, 0.5) is 0 Å². The molecule has 1 aliphatic heterocycles. The van der Waals surface area contributed by atoms with Crippen molar-refractivity contribution in [1.82, 2.24) is 10.6 Å². The van der Waals surface area contributed by atoms with E-state index in [1.54, 1.807) is 0 Å². The van der Waals surface area contributed by atoms with Crippen molar-refractivity contribution in [3.05, 3.63) is 0 Å². The molecule has 0 aliphatic carbocycles. The number of nitrogens with one attached hydrogen (secondary N) is 2. The van der Waals surface area contributed by atoms with Gasteiger partial charge >= 0.3 is 5.97 Å². The van der Waals surface area contributed by atoms with Crippen molar-refractivity contribution in [2.45, 2.75) is 44.7 Å². The summed E-state index contributed by atoms with van der Waals surface area (Å²) in [4.78, 5) is 22.5. The van der Waals surface area contributed by atoms with Gasteiger partial charge < -0.3 is 15.7 Å². The minimum atomic E-state index is -1.20. The van der Waals surface area contributed by atoms with Gasteiger partial charge in [0.25, 0.3) is 0 Å². The van der Waals surface area contributed by atoms with E-state index >= 15 is 0 Å². The average molecular weight is 214 g/mol. The van der Waals surface area contributed by atoms with E-state index in [0.717, 1.165) is 25.8 Å². The fraction of sp³-hybridized carbons (Fsp3) is 0.800. The van der Waals surface area contributed by atoms with Gasteiger partial charge in [-0.05, 0) is 33.2 Å². The van der Waals surface area contributed by atoms with Gasteiger partial charge in [0.1, 0.15) is 5.54 Å². The lowest BCUT2D eigenvalue weighted by Gasteiger charge is -2.27. The van der Waals surface area contributed by atoms with Gasteiger partial charge in [-0.25, -0.2) is 4.79 Å². The summed E-state index contributed by atoms with van der Waals surface area (Å²) in [6.07, 6.45) is 2.87. The summed E-state index contributed by atoms with van der Waals surface area (Å²) in [6, 6.07) is -0.239. The quantitative estimate of drug-likeness (QED) is 0.623. The molecule has 1 saturated heterocycles. The number of piperidine rings is 1. The number of carbonyl (C=O) groups is 2. The normalized spacial score (nSPS) is 22.1. The van der Waals surface area contributed by atoms with Gasteiger partial charge in [-0.15, -0.1) is 0 Å². The average Bonchev–Trinajstić information content (AvgIpc) is 2.18. The molecule has 3 N–H and O–H groups in total. The minimum Gasteiger partial charge on any atom is -0.480 e. The van der Waals surface area contributed by atoms with E-state index in [2.05, 4.69) is 10.6 Å². The van der Waals surface area contributed by atoms with E-state index in [9.17, 15) is 9.59 Å². The zero-order valence-electron chi connectivity index (χ0n) is 9.17. The summed E-state index contributed by atoms with van der Waals surface area (Å²) in [5.41, 5.74) is -1.20. The van der Waals surface area contributed by atoms with Crippen LogP contribution in [0.25, 0.3) is 0 Å². The molecule has 1 heterocycles. The Kier molecular flexibility index (Phi) is 3.68. The zero-order chi connectivity index (χ0) is 11.5. The molecule has 0 saturated carbocycles. The molecule has 0 bridgehead atoms. The first-order chi connectivity index (χ1) is 6.93. The number of hydrogen-bond acceptors (Lipinski definition) is 3. The highest BCUT2D eigenvalue weighted by atomic mass is 16.4. The molecule has 1 rings (SSSR count). The fourth-order valence-electron chi connectivity index (χ4n) is 1.52. The van der Waals surface area contributed by atoms with Crippen LogP contribution in [-0.2, 0) is 9.59 Å². The van der Waals surface area contributed by atoms with E-state index < -0.39 is 11.5 Å². The Morgan fingerprint density at radius 2 is 2.07 bits per heavy atom. The zero-order valence-corrected chi connectivity index (χ0v) is 9.17. The largest absolute Gasteiger partial charge is 0.480 e. The molecule has 0 aromatic heterocycles. The highest BCUT2D eigenvalue weighted by Gasteiger charge is 2.32. The van der Waals surface area contributed by atoms with Gasteiger partial charge in [0, 0.05) is 0 Å². The molecule has 86 valence electrons. The monoisotopic (exact) mass is 214 g/mol. The second-order valence-corrected chi connectivity index (χ2v) is 4.42. The van der Waals surface area contributed by atoms with Crippen molar-refractivity contribution in [3.63, 3.8) is 0 Å². The topological polar surface area (TPSA) is 78.4 Å². The Bertz CT molecular complexity index is 257. The van der Waals surface area contributed by atoms with Crippen molar-refractivity contribution >= 4 is 11.9 Å². The third-order valence-electron chi connectivity index (χ3n) is 2.60. The van der Waals surface area contributed by atoms with Crippen LogP contribution < -0.4 is 10.6 Å². The van der Waals surface area contributed by atoms with Crippen LogP contribution in [0.2, 0.25) is 0 Å². The van der Waals surface area contributed by atoms with Crippen LogP contribution in [0.5, 0.6) is 0 Å². The summed E-state index contributed by atoms with van der Waals surface area (Å²) in [7, 11) is 0. The Labute approximate surface area is 89.2 Å². The Hall–Kier alpha value is -1.10. The van der Waals surface area contributed by atoms with Gasteiger partial charge in [0.15, 0.2) is 0 Å². The van der Waals surface area contributed by atoms with Crippen LogP contribution in [-0.4, -0.2) is 35.1 Å². The lowest BCUT2D eigenvalue weighted by molar-refractivity contribution is -0.146. The molecular weight excluding hydrogens is 196 g/mol. The maximum Gasteiger partial charge on any atom is 0.328 e. The molecule has 1 fully saturated rings. The summed E-state index contributed by atoms with van der Waals surface area (Å²) < 4.78 is 0. The SMILES string of the molecule is CC(C)(NC(=O)[C@@H]1CCCCN1)C(=O)O. The Balaban J connectivity index is 2.50. The number of carboxylic acids is 1. The van der Waals surface area contributed by atoms with Crippen LogP contribution >= 0.6 is 0 Å². The number of aliphatic carboxylic acids is 1. The summed E-state index contributed by atoms with van der Waals surface area (Å²) in [5.74, 6) is -1.24. The standard InChI is InChI=1S/C10H18N2O3/c1-10(2,9(14)15)12-8(13)7-5-3-4-6-11-7/h7,11H,3-6H2,1-2H3,(H,12,13)(H,14,15)/t7-/m0/s1. The third-order valence-corrected chi connectivity index (χ3v) is 2.60. The molecule has 0 unspecified atom stereocenters. The van der Waals surface area contributed by atoms with E-state index in [1.165, 1.54) is 13.8 Å². The molecule has 1 aliphatic rings. The van der Waals surface area contributed by atoms with Crippen LogP contribution in [0.1, 0.15) is 33.1 Å². The molecular formula is C10H18N2O3. The molecule has 15 heavy (non-hydrogen) atoms.